The number of aryl methyl sites for hydroxylation is 1. The minimum Gasteiger partial charge on any atom is -0.326 e. The zero-order valence-corrected chi connectivity index (χ0v) is 16.2. The van der Waals surface area contributed by atoms with E-state index in [9.17, 15) is 18.0 Å². The molecule has 0 aliphatic heterocycles. The Balaban J connectivity index is 1.98. The molecule has 2 atom stereocenters. The number of amides is 1. The molecule has 27 heavy (non-hydrogen) atoms. The van der Waals surface area contributed by atoms with E-state index in [1.54, 1.807) is 12.1 Å². The van der Waals surface area contributed by atoms with Gasteiger partial charge in [-0.2, -0.15) is 13.2 Å². The van der Waals surface area contributed by atoms with Gasteiger partial charge in [0.1, 0.15) is 0 Å². The molecule has 148 valence electrons. The number of alkyl halides is 3. The van der Waals surface area contributed by atoms with Gasteiger partial charge in [0.2, 0.25) is 5.91 Å². The van der Waals surface area contributed by atoms with Crippen molar-refractivity contribution in [1.29, 1.82) is 0 Å². The Kier molecular flexibility index (Phi) is 5.68. The van der Waals surface area contributed by atoms with Gasteiger partial charge in [-0.25, -0.2) is 0 Å². The first-order valence-corrected chi connectivity index (χ1v) is 9.94. The zero-order valence-electron chi connectivity index (χ0n) is 16.2. The van der Waals surface area contributed by atoms with E-state index in [0.29, 0.717) is 35.6 Å². The molecule has 0 heterocycles. The average Bonchev–Trinajstić information content (AvgIpc) is 3.07. The molecule has 1 aromatic carbocycles. The largest absolute Gasteiger partial charge is 0.412 e. The number of anilines is 1. The Bertz CT molecular complexity index is 748. The lowest BCUT2D eigenvalue weighted by Gasteiger charge is -2.31. The fourth-order valence-electron chi connectivity index (χ4n) is 4.47. The number of carbonyl (C=O) groups excluding carboxylic acids is 1. The van der Waals surface area contributed by atoms with Crippen LogP contribution in [0.25, 0.3) is 5.57 Å². The van der Waals surface area contributed by atoms with Crippen LogP contribution in [0, 0.1) is 17.8 Å². The van der Waals surface area contributed by atoms with Gasteiger partial charge in [-0.15, -0.1) is 0 Å². The Hall–Kier alpha value is -1.78. The van der Waals surface area contributed by atoms with Crippen LogP contribution in [0.15, 0.2) is 23.8 Å². The maximum absolute atomic E-state index is 13.7. The van der Waals surface area contributed by atoms with Crippen molar-refractivity contribution in [3.63, 3.8) is 0 Å². The smallest absolute Gasteiger partial charge is 0.326 e. The molecule has 1 fully saturated rings. The fraction of sp³-hybridized carbons (Fsp3) is 0.591. The number of benzene rings is 1. The molecular formula is C22H28F3NO. The van der Waals surface area contributed by atoms with Crippen LogP contribution in [0.1, 0.15) is 64.0 Å². The van der Waals surface area contributed by atoms with Crippen molar-refractivity contribution in [3.8, 4) is 0 Å². The van der Waals surface area contributed by atoms with Gasteiger partial charge in [-0.05, 0) is 72.8 Å². The SMILES string of the molecule is CCc1cc(C2=C(C(F)(F)F)CC3CCCC3C2)ccc1NC(=O)C(C)C. The molecule has 1 saturated carbocycles. The minimum atomic E-state index is -4.28. The third kappa shape index (κ3) is 4.22. The van der Waals surface area contributed by atoms with E-state index >= 15 is 0 Å². The number of halogens is 3. The van der Waals surface area contributed by atoms with E-state index in [1.165, 1.54) is 0 Å². The fourth-order valence-corrected chi connectivity index (χ4v) is 4.47. The summed E-state index contributed by atoms with van der Waals surface area (Å²) in [5, 5.41) is 2.89. The third-order valence-corrected chi connectivity index (χ3v) is 6.07. The number of fused-ring (bicyclic) bond motifs is 1. The number of hydrogen-bond donors (Lipinski definition) is 1. The van der Waals surface area contributed by atoms with Gasteiger partial charge in [0.15, 0.2) is 0 Å². The molecule has 2 nitrogen and oxygen atoms in total. The average molecular weight is 379 g/mol. The van der Waals surface area contributed by atoms with Gasteiger partial charge >= 0.3 is 6.18 Å². The van der Waals surface area contributed by atoms with E-state index < -0.39 is 6.18 Å². The summed E-state index contributed by atoms with van der Waals surface area (Å²) in [5.74, 6) is 0.322. The van der Waals surface area contributed by atoms with Crippen LogP contribution in [0.3, 0.4) is 0 Å². The number of rotatable bonds is 4. The van der Waals surface area contributed by atoms with Crippen molar-refractivity contribution in [2.24, 2.45) is 17.8 Å². The van der Waals surface area contributed by atoms with E-state index in [4.69, 9.17) is 0 Å². The molecule has 1 N–H and O–H groups in total. The van der Waals surface area contributed by atoms with E-state index in [1.807, 2.05) is 26.8 Å². The summed E-state index contributed by atoms with van der Waals surface area (Å²) < 4.78 is 41.2. The van der Waals surface area contributed by atoms with E-state index in [0.717, 1.165) is 24.8 Å². The summed E-state index contributed by atoms with van der Waals surface area (Å²) in [4.78, 5) is 12.0. The topological polar surface area (TPSA) is 29.1 Å². The summed E-state index contributed by atoms with van der Waals surface area (Å²) >= 11 is 0. The van der Waals surface area contributed by atoms with Gasteiger partial charge in [0, 0.05) is 17.2 Å². The maximum Gasteiger partial charge on any atom is 0.412 e. The predicted octanol–water partition coefficient (Wildman–Crippen LogP) is 6.37. The van der Waals surface area contributed by atoms with Crippen molar-refractivity contribution in [2.75, 3.05) is 5.32 Å². The lowest BCUT2D eigenvalue weighted by Crippen LogP contribution is -2.24. The van der Waals surface area contributed by atoms with Gasteiger partial charge < -0.3 is 5.32 Å². The minimum absolute atomic E-state index is 0.0842. The molecule has 5 heteroatoms. The first-order valence-electron chi connectivity index (χ1n) is 9.94. The van der Waals surface area contributed by atoms with Gasteiger partial charge in [-0.3, -0.25) is 4.79 Å². The Labute approximate surface area is 159 Å². The van der Waals surface area contributed by atoms with Crippen LogP contribution >= 0.6 is 0 Å². The molecule has 0 radical (unpaired) electrons. The third-order valence-electron chi connectivity index (χ3n) is 6.07. The van der Waals surface area contributed by atoms with Crippen LogP contribution in [-0.2, 0) is 11.2 Å². The quantitative estimate of drug-likeness (QED) is 0.647. The summed E-state index contributed by atoms with van der Waals surface area (Å²) in [6, 6.07) is 5.34. The normalized spacial score (nSPS) is 22.9. The molecule has 0 bridgehead atoms. The monoisotopic (exact) mass is 379 g/mol. The van der Waals surface area contributed by atoms with Crippen molar-refractivity contribution in [1.82, 2.24) is 0 Å². The highest BCUT2D eigenvalue weighted by molar-refractivity contribution is 5.93. The van der Waals surface area contributed by atoms with E-state index in [2.05, 4.69) is 5.32 Å². The van der Waals surface area contributed by atoms with Crippen molar-refractivity contribution in [2.45, 2.75) is 65.5 Å². The summed E-state index contributed by atoms with van der Waals surface area (Å²) in [7, 11) is 0. The summed E-state index contributed by atoms with van der Waals surface area (Å²) in [6.07, 6.45) is 0.0215. The highest BCUT2D eigenvalue weighted by Gasteiger charge is 2.43. The number of nitrogens with one attached hydrogen (secondary N) is 1. The lowest BCUT2D eigenvalue weighted by molar-refractivity contribution is -0.118. The lowest BCUT2D eigenvalue weighted by atomic mass is 9.75. The predicted molar refractivity (Wildman–Crippen MR) is 102 cm³/mol. The molecule has 3 rings (SSSR count). The second-order valence-corrected chi connectivity index (χ2v) is 8.18. The van der Waals surface area contributed by atoms with Crippen LogP contribution in [0.2, 0.25) is 0 Å². The van der Waals surface area contributed by atoms with Crippen LogP contribution in [-0.4, -0.2) is 12.1 Å². The van der Waals surface area contributed by atoms with Gasteiger partial charge in [-0.1, -0.05) is 33.3 Å². The molecule has 2 unspecified atom stereocenters. The van der Waals surface area contributed by atoms with Gasteiger partial charge in [0.25, 0.3) is 0 Å². The highest BCUT2D eigenvalue weighted by Crippen LogP contribution is 2.51. The van der Waals surface area contributed by atoms with E-state index in [-0.39, 0.29) is 29.7 Å². The molecule has 0 spiro atoms. The standard InChI is InChI=1S/C22H28F3NO/c1-4-14-10-17(8-9-20(14)26-21(27)13(2)3)18-11-15-6-5-7-16(15)12-19(18)22(23,24)25/h8-10,13,15-16H,4-7,11-12H2,1-3H3,(H,26,27). The first-order chi connectivity index (χ1) is 12.7. The van der Waals surface area contributed by atoms with Crippen LogP contribution < -0.4 is 5.32 Å². The van der Waals surface area contributed by atoms with Crippen molar-refractivity contribution < 1.29 is 18.0 Å². The second kappa shape index (κ2) is 7.69. The molecule has 1 aromatic rings. The second-order valence-electron chi connectivity index (χ2n) is 8.18. The Morgan fingerprint density at radius 2 is 1.85 bits per heavy atom. The first kappa shape index (κ1) is 20.0. The summed E-state index contributed by atoms with van der Waals surface area (Å²) in [5.41, 5.74) is 2.36. The Morgan fingerprint density at radius 3 is 2.44 bits per heavy atom. The zero-order chi connectivity index (χ0) is 19.8. The van der Waals surface area contributed by atoms with Crippen LogP contribution in [0.4, 0.5) is 18.9 Å². The van der Waals surface area contributed by atoms with Crippen molar-refractivity contribution in [3.05, 3.63) is 34.9 Å². The molecule has 2 aliphatic rings. The summed E-state index contributed by atoms with van der Waals surface area (Å²) in [6.45, 7) is 5.59. The van der Waals surface area contributed by atoms with Gasteiger partial charge in [0.05, 0.1) is 0 Å². The number of hydrogen-bond acceptors (Lipinski definition) is 1. The highest BCUT2D eigenvalue weighted by atomic mass is 19.4. The maximum atomic E-state index is 13.7. The number of carbonyl (C=O) groups is 1. The van der Waals surface area contributed by atoms with Crippen LogP contribution in [0.5, 0.6) is 0 Å². The molecular weight excluding hydrogens is 351 g/mol. The van der Waals surface area contributed by atoms with Crippen molar-refractivity contribution >= 4 is 17.2 Å². The molecule has 0 aromatic heterocycles. The Morgan fingerprint density at radius 1 is 1.19 bits per heavy atom. The molecule has 0 saturated heterocycles. The molecule has 2 aliphatic carbocycles. The number of allylic oxidation sites excluding steroid dienone is 2. The molecule has 1 amide bonds.